The van der Waals surface area contributed by atoms with Crippen LogP contribution in [0.5, 0.6) is 5.75 Å². The summed E-state index contributed by atoms with van der Waals surface area (Å²) in [5.41, 5.74) is 0. The van der Waals surface area contributed by atoms with Crippen LogP contribution in [0.25, 0.3) is 0 Å². The van der Waals surface area contributed by atoms with Crippen LogP contribution in [0.4, 0.5) is 0 Å². The topological polar surface area (TPSA) is 44.7 Å². The van der Waals surface area contributed by atoms with Gasteiger partial charge in [-0.2, -0.15) is 0 Å². The fourth-order valence-electron chi connectivity index (χ4n) is 2.44. The molecule has 0 amide bonds. The zero-order valence-electron chi connectivity index (χ0n) is 11.9. The monoisotopic (exact) mass is 298 g/mol. The molecule has 2 N–H and O–H groups in total. The van der Waals surface area contributed by atoms with Crippen LogP contribution in [0.1, 0.15) is 12.8 Å². The van der Waals surface area contributed by atoms with Gasteiger partial charge >= 0.3 is 0 Å². The lowest BCUT2D eigenvalue weighted by Crippen LogP contribution is -2.39. The Labute approximate surface area is 125 Å². The average molecular weight is 299 g/mol. The molecule has 1 saturated heterocycles. The summed E-state index contributed by atoms with van der Waals surface area (Å²) in [7, 11) is 2.15. The van der Waals surface area contributed by atoms with Crippen LogP contribution in [0.3, 0.4) is 0 Å². The Bertz CT molecular complexity index is 399. The minimum absolute atomic E-state index is 0.287. The van der Waals surface area contributed by atoms with E-state index in [2.05, 4.69) is 17.3 Å². The molecule has 20 heavy (non-hydrogen) atoms. The molecule has 0 aliphatic carbocycles. The zero-order valence-corrected chi connectivity index (χ0v) is 12.6. The second kappa shape index (κ2) is 7.84. The minimum atomic E-state index is -0.502. The molecule has 2 rings (SSSR count). The molecule has 2 unspecified atom stereocenters. The number of halogens is 1. The number of ether oxygens (including phenoxy) is 1. The largest absolute Gasteiger partial charge is 0.491 e. The second-order valence-electron chi connectivity index (χ2n) is 5.35. The molecular formula is C15H23ClN2O2. The number of hydrogen-bond acceptors (Lipinski definition) is 4. The van der Waals surface area contributed by atoms with Gasteiger partial charge in [-0.1, -0.05) is 11.6 Å². The maximum atomic E-state index is 9.88. The number of rotatable bonds is 7. The van der Waals surface area contributed by atoms with Gasteiger partial charge in [-0.15, -0.1) is 0 Å². The van der Waals surface area contributed by atoms with Crippen LogP contribution in [0.2, 0.25) is 5.02 Å². The number of benzene rings is 1. The van der Waals surface area contributed by atoms with Crippen LogP contribution in [-0.2, 0) is 0 Å². The number of aliphatic hydroxyl groups is 1. The third-order valence-electron chi connectivity index (χ3n) is 3.69. The van der Waals surface area contributed by atoms with E-state index in [1.54, 1.807) is 24.3 Å². The van der Waals surface area contributed by atoms with Crippen molar-refractivity contribution >= 4 is 11.6 Å². The van der Waals surface area contributed by atoms with Crippen LogP contribution in [-0.4, -0.2) is 55.4 Å². The first-order valence-corrected chi connectivity index (χ1v) is 7.50. The van der Waals surface area contributed by atoms with E-state index in [1.165, 1.54) is 19.4 Å². The molecule has 1 heterocycles. The van der Waals surface area contributed by atoms with Crippen molar-refractivity contribution in [2.45, 2.75) is 25.0 Å². The van der Waals surface area contributed by atoms with Crippen molar-refractivity contribution < 1.29 is 9.84 Å². The van der Waals surface area contributed by atoms with Crippen molar-refractivity contribution in [2.24, 2.45) is 0 Å². The maximum Gasteiger partial charge on any atom is 0.119 e. The van der Waals surface area contributed by atoms with E-state index in [4.69, 9.17) is 16.3 Å². The Hall–Kier alpha value is -0.810. The molecule has 1 aromatic rings. The third kappa shape index (κ3) is 4.94. The fourth-order valence-corrected chi connectivity index (χ4v) is 2.56. The van der Waals surface area contributed by atoms with Gasteiger partial charge < -0.3 is 20.1 Å². The van der Waals surface area contributed by atoms with E-state index < -0.39 is 6.10 Å². The number of aliphatic hydroxyl groups excluding tert-OH is 1. The number of likely N-dealkylation sites (N-methyl/N-ethyl adjacent to an activating group) is 1. The highest BCUT2D eigenvalue weighted by Crippen LogP contribution is 2.15. The van der Waals surface area contributed by atoms with E-state index in [1.807, 2.05) is 0 Å². The van der Waals surface area contributed by atoms with Crippen molar-refractivity contribution in [3.63, 3.8) is 0 Å². The molecule has 0 radical (unpaired) electrons. The average Bonchev–Trinajstić information content (AvgIpc) is 2.84. The number of nitrogens with one attached hydrogen (secondary N) is 1. The van der Waals surface area contributed by atoms with E-state index in [9.17, 15) is 5.11 Å². The summed E-state index contributed by atoms with van der Waals surface area (Å²) < 4.78 is 5.51. The van der Waals surface area contributed by atoms with Gasteiger partial charge in [-0.25, -0.2) is 0 Å². The minimum Gasteiger partial charge on any atom is -0.491 e. The standard InChI is InChI=1S/C15H23ClN2O2/c1-18-8-2-3-13(18)9-17-10-14(19)11-20-15-6-4-12(16)5-7-15/h4-7,13-14,17,19H,2-3,8-11H2,1H3. The molecule has 2 atom stereocenters. The maximum absolute atomic E-state index is 9.88. The van der Waals surface area contributed by atoms with E-state index in [0.29, 0.717) is 17.6 Å². The Morgan fingerprint density at radius 3 is 2.85 bits per heavy atom. The SMILES string of the molecule is CN1CCCC1CNCC(O)COc1ccc(Cl)cc1. The van der Waals surface area contributed by atoms with Crippen molar-refractivity contribution in [1.82, 2.24) is 10.2 Å². The molecule has 1 aliphatic heterocycles. The highest BCUT2D eigenvalue weighted by atomic mass is 35.5. The number of hydrogen-bond donors (Lipinski definition) is 2. The van der Waals surface area contributed by atoms with Crippen molar-refractivity contribution in [1.29, 1.82) is 0 Å². The molecule has 0 spiro atoms. The molecule has 112 valence electrons. The first kappa shape index (κ1) is 15.6. The van der Waals surface area contributed by atoms with Gasteiger partial charge in [0.1, 0.15) is 18.5 Å². The lowest BCUT2D eigenvalue weighted by atomic mass is 10.2. The van der Waals surface area contributed by atoms with Crippen molar-refractivity contribution in [2.75, 3.05) is 33.3 Å². The van der Waals surface area contributed by atoms with Crippen LogP contribution < -0.4 is 10.1 Å². The molecule has 0 aromatic heterocycles. The predicted octanol–water partition coefficient (Wildman–Crippen LogP) is 1.76. The van der Waals surface area contributed by atoms with E-state index >= 15 is 0 Å². The highest BCUT2D eigenvalue weighted by Gasteiger charge is 2.20. The third-order valence-corrected chi connectivity index (χ3v) is 3.94. The molecule has 1 fully saturated rings. The quantitative estimate of drug-likeness (QED) is 0.805. The highest BCUT2D eigenvalue weighted by molar-refractivity contribution is 6.30. The van der Waals surface area contributed by atoms with Crippen molar-refractivity contribution in [3.8, 4) is 5.75 Å². The van der Waals surface area contributed by atoms with Crippen molar-refractivity contribution in [3.05, 3.63) is 29.3 Å². The van der Waals surface area contributed by atoms with Gasteiger partial charge in [0.2, 0.25) is 0 Å². The van der Waals surface area contributed by atoms with Gasteiger partial charge in [0.05, 0.1) is 0 Å². The van der Waals surface area contributed by atoms with Gasteiger partial charge in [-0.05, 0) is 50.7 Å². The van der Waals surface area contributed by atoms with Gasteiger partial charge in [-0.3, -0.25) is 0 Å². The molecular weight excluding hydrogens is 276 g/mol. The molecule has 1 aliphatic rings. The smallest absolute Gasteiger partial charge is 0.119 e. The first-order chi connectivity index (χ1) is 9.65. The summed E-state index contributed by atoms with van der Waals surface area (Å²) in [5.74, 6) is 0.726. The summed E-state index contributed by atoms with van der Waals surface area (Å²) in [5, 5.41) is 13.9. The van der Waals surface area contributed by atoms with Gasteiger partial charge in [0, 0.05) is 24.2 Å². The van der Waals surface area contributed by atoms with Crippen LogP contribution in [0.15, 0.2) is 24.3 Å². The Kier molecular flexibility index (Phi) is 6.10. The predicted molar refractivity (Wildman–Crippen MR) is 81.5 cm³/mol. The lowest BCUT2D eigenvalue weighted by Gasteiger charge is -2.21. The summed E-state index contributed by atoms with van der Waals surface area (Å²) >= 11 is 5.80. The first-order valence-electron chi connectivity index (χ1n) is 7.12. The molecule has 4 nitrogen and oxygen atoms in total. The summed E-state index contributed by atoms with van der Waals surface area (Å²) in [6.45, 7) is 2.94. The van der Waals surface area contributed by atoms with Crippen LogP contribution >= 0.6 is 11.6 Å². The van der Waals surface area contributed by atoms with Gasteiger partial charge in [0.15, 0.2) is 0 Å². The summed E-state index contributed by atoms with van der Waals surface area (Å²) in [6.07, 6.45) is 2.00. The normalized spacial score (nSPS) is 21.1. The van der Waals surface area contributed by atoms with Gasteiger partial charge in [0.25, 0.3) is 0 Å². The number of likely N-dealkylation sites (tertiary alicyclic amines) is 1. The Balaban J connectivity index is 1.60. The Morgan fingerprint density at radius 2 is 2.20 bits per heavy atom. The Morgan fingerprint density at radius 1 is 1.45 bits per heavy atom. The molecule has 5 heteroatoms. The molecule has 1 aromatic carbocycles. The van der Waals surface area contributed by atoms with Crippen LogP contribution in [0, 0.1) is 0 Å². The summed E-state index contributed by atoms with van der Waals surface area (Å²) in [6, 6.07) is 7.75. The van der Waals surface area contributed by atoms with E-state index in [-0.39, 0.29) is 6.61 Å². The second-order valence-corrected chi connectivity index (χ2v) is 5.79. The summed E-state index contributed by atoms with van der Waals surface area (Å²) in [4.78, 5) is 2.36. The lowest BCUT2D eigenvalue weighted by molar-refractivity contribution is 0.105. The molecule has 0 bridgehead atoms. The fraction of sp³-hybridized carbons (Fsp3) is 0.600. The molecule has 0 saturated carbocycles. The number of nitrogens with zero attached hydrogens (tertiary/aromatic N) is 1. The zero-order chi connectivity index (χ0) is 14.4. The van der Waals surface area contributed by atoms with E-state index in [0.717, 1.165) is 12.3 Å².